The normalized spacial score (nSPS) is 19.0. The predicted octanol–water partition coefficient (Wildman–Crippen LogP) is 4.90. The Bertz CT molecular complexity index is 913. The van der Waals surface area contributed by atoms with E-state index < -0.39 is 11.0 Å². The number of nitrogens with zero attached hydrogens (tertiary/aromatic N) is 1. The van der Waals surface area contributed by atoms with Gasteiger partial charge in [0.05, 0.1) is 10.9 Å². The fraction of sp³-hybridized carbons (Fsp3) is 0.333. The molecule has 2 unspecified atom stereocenters. The van der Waals surface area contributed by atoms with Crippen molar-refractivity contribution in [3.8, 4) is 0 Å². The largest absolute Gasteiger partial charge is 0.357 e. The van der Waals surface area contributed by atoms with E-state index in [9.17, 15) is 4.21 Å². The van der Waals surface area contributed by atoms with E-state index in [1.807, 2.05) is 24.3 Å². The Kier molecular flexibility index (Phi) is 4.48. The second kappa shape index (κ2) is 6.77. The first kappa shape index (κ1) is 16.6. The Morgan fingerprint density at radius 1 is 1.16 bits per heavy atom. The third-order valence-electron chi connectivity index (χ3n) is 5.11. The Morgan fingerprint density at radius 2 is 1.92 bits per heavy atom. The molecule has 3 aromatic rings. The van der Waals surface area contributed by atoms with Crippen LogP contribution < -0.4 is 0 Å². The Balaban J connectivity index is 1.74. The van der Waals surface area contributed by atoms with Gasteiger partial charge in [0.1, 0.15) is 11.0 Å². The van der Waals surface area contributed by atoms with Gasteiger partial charge in [-0.15, -0.1) is 0 Å². The molecule has 1 N–H and O–H groups in total. The van der Waals surface area contributed by atoms with Crippen molar-refractivity contribution in [3.05, 3.63) is 65.4 Å². The number of rotatable bonds is 4. The van der Waals surface area contributed by atoms with Crippen molar-refractivity contribution in [1.29, 1.82) is 0 Å². The molecule has 4 heteroatoms. The zero-order chi connectivity index (χ0) is 17.4. The fourth-order valence-electron chi connectivity index (χ4n) is 3.85. The average molecular weight is 353 g/mol. The summed E-state index contributed by atoms with van der Waals surface area (Å²) in [5.41, 5.74) is 5.06. The highest BCUT2D eigenvalue weighted by molar-refractivity contribution is 7.82. The van der Waals surface area contributed by atoms with E-state index in [0.29, 0.717) is 0 Å². The van der Waals surface area contributed by atoms with E-state index >= 15 is 0 Å². The molecule has 4 rings (SSSR count). The SMILES string of the molecule is CCCC1c2[nH]c3ccccc3c2CCN1S(=O)c1ccc(C)cc1. The first-order valence-corrected chi connectivity index (χ1v) is 10.1. The summed E-state index contributed by atoms with van der Waals surface area (Å²) in [5.74, 6) is 0. The highest BCUT2D eigenvalue weighted by Gasteiger charge is 2.33. The molecule has 130 valence electrons. The highest BCUT2D eigenvalue weighted by Crippen LogP contribution is 2.38. The standard InChI is InChI=1S/C21H24N2OS/c1-3-6-20-21-18(17-7-4-5-8-19(17)22-21)13-14-23(20)25(24)16-11-9-15(2)10-12-16/h4-5,7-12,20,22H,3,6,13-14H2,1-2H3. The van der Waals surface area contributed by atoms with E-state index in [4.69, 9.17) is 0 Å². The van der Waals surface area contributed by atoms with Crippen molar-refractivity contribution in [2.75, 3.05) is 6.54 Å². The number of hydrogen-bond donors (Lipinski definition) is 1. The van der Waals surface area contributed by atoms with Gasteiger partial charge in [-0.2, -0.15) is 0 Å². The lowest BCUT2D eigenvalue weighted by atomic mass is 9.96. The van der Waals surface area contributed by atoms with Crippen molar-refractivity contribution >= 4 is 21.9 Å². The van der Waals surface area contributed by atoms with Crippen molar-refractivity contribution in [3.63, 3.8) is 0 Å². The molecule has 1 aliphatic rings. The number of aromatic amines is 1. The molecule has 2 aromatic carbocycles. The molecule has 0 amide bonds. The summed E-state index contributed by atoms with van der Waals surface area (Å²) < 4.78 is 15.4. The summed E-state index contributed by atoms with van der Waals surface area (Å²) >= 11 is 0. The van der Waals surface area contributed by atoms with Crippen LogP contribution in [0.2, 0.25) is 0 Å². The quantitative estimate of drug-likeness (QED) is 0.712. The van der Waals surface area contributed by atoms with Crippen LogP contribution in [0.1, 0.15) is 42.6 Å². The minimum atomic E-state index is -1.13. The van der Waals surface area contributed by atoms with Crippen LogP contribution >= 0.6 is 0 Å². The Labute approximate surface area is 151 Å². The molecule has 25 heavy (non-hydrogen) atoms. The molecule has 0 saturated heterocycles. The molecule has 0 aliphatic carbocycles. The van der Waals surface area contributed by atoms with Gasteiger partial charge in [-0.25, -0.2) is 8.51 Å². The van der Waals surface area contributed by atoms with Crippen molar-refractivity contribution in [1.82, 2.24) is 9.29 Å². The van der Waals surface area contributed by atoms with Gasteiger partial charge in [-0.1, -0.05) is 49.2 Å². The van der Waals surface area contributed by atoms with Gasteiger partial charge < -0.3 is 4.98 Å². The van der Waals surface area contributed by atoms with Crippen LogP contribution in [0, 0.1) is 6.92 Å². The molecule has 2 atom stereocenters. The lowest BCUT2D eigenvalue weighted by Gasteiger charge is -2.34. The monoisotopic (exact) mass is 352 g/mol. The second-order valence-electron chi connectivity index (χ2n) is 6.82. The van der Waals surface area contributed by atoms with Gasteiger partial charge in [-0.05, 0) is 43.5 Å². The van der Waals surface area contributed by atoms with Crippen molar-refractivity contribution in [2.24, 2.45) is 0 Å². The minimum Gasteiger partial charge on any atom is -0.357 e. The lowest BCUT2D eigenvalue weighted by molar-refractivity contribution is 0.303. The molecule has 3 nitrogen and oxygen atoms in total. The zero-order valence-electron chi connectivity index (χ0n) is 14.8. The molecule has 0 spiro atoms. The first-order valence-electron chi connectivity index (χ1n) is 9.03. The summed E-state index contributed by atoms with van der Waals surface area (Å²) in [6.07, 6.45) is 3.02. The summed E-state index contributed by atoms with van der Waals surface area (Å²) in [4.78, 5) is 4.51. The molecule has 1 aromatic heterocycles. The Morgan fingerprint density at radius 3 is 2.68 bits per heavy atom. The van der Waals surface area contributed by atoms with Crippen LogP contribution in [0.15, 0.2) is 53.4 Å². The highest BCUT2D eigenvalue weighted by atomic mass is 32.2. The second-order valence-corrected chi connectivity index (χ2v) is 8.26. The van der Waals surface area contributed by atoms with Gasteiger partial charge in [0, 0.05) is 23.1 Å². The molecule has 2 heterocycles. The number of benzene rings is 2. The third-order valence-corrected chi connectivity index (χ3v) is 6.65. The molecule has 1 aliphatic heterocycles. The number of fused-ring (bicyclic) bond motifs is 3. The summed E-state index contributed by atoms with van der Waals surface area (Å²) in [7, 11) is -1.13. The van der Waals surface area contributed by atoms with Crippen molar-refractivity contribution in [2.45, 2.75) is 44.0 Å². The number of H-pyrrole nitrogens is 1. The van der Waals surface area contributed by atoms with Crippen LogP contribution in [0.25, 0.3) is 10.9 Å². The average Bonchev–Trinajstić information content (AvgIpc) is 3.01. The van der Waals surface area contributed by atoms with Crippen LogP contribution in [0.3, 0.4) is 0 Å². The van der Waals surface area contributed by atoms with Gasteiger partial charge in [-0.3, -0.25) is 0 Å². The van der Waals surface area contributed by atoms with Gasteiger partial charge >= 0.3 is 0 Å². The zero-order valence-corrected chi connectivity index (χ0v) is 15.6. The maximum Gasteiger partial charge on any atom is 0.128 e. The number of aromatic nitrogens is 1. The summed E-state index contributed by atoms with van der Waals surface area (Å²) in [6.45, 7) is 5.09. The molecular formula is C21H24N2OS. The molecular weight excluding hydrogens is 328 g/mol. The maximum absolute atomic E-state index is 13.2. The van der Waals surface area contributed by atoms with E-state index in [2.05, 4.69) is 47.4 Å². The van der Waals surface area contributed by atoms with E-state index in [1.165, 1.54) is 27.7 Å². The number of hydrogen-bond acceptors (Lipinski definition) is 1. The lowest BCUT2D eigenvalue weighted by Crippen LogP contribution is -2.36. The van der Waals surface area contributed by atoms with Crippen LogP contribution in [-0.4, -0.2) is 20.0 Å². The van der Waals surface area contributed by atoms with Gasteiger partial charge in [0.2, 0.25) is 0 Å². The predicted molar refractivity (Wildman–Crippen MR) is 104 cm³/mol. The molecule has 0 bridgehead atoms. The number of nitrogens with one attached hydrogen (secondary N) is 1. The maximum atomic E-state index is 13.2. The first-order chi connectivity index (χ1) is 12.2. The fourth-order valence-corrected chi connectivity index (χ4v) is 5.19. The third kappa shape index (κ3) is 2.94. The summed E-state index contributed by atoms with van der Waals surface area (Å²) in [6, 6.07) is 16.8. The Hall–Kier alpha value is -1.91. The van der Waals surface area contributed by atoms with Crippen LogP contribution in [-0.2, 0) is 17.4 Å². The minimum absolute atomic E-state index is 0.184. The molecule has 0 radical (unpaired) electrons. The number of aryl methyl sites for hydroxylation is 1. The van der Waals surface area contributed by atoms with E-state index in [-0.39, 0.29) is 6.04 Å². The topological polar surface area (TPSA) is 36.1 Å². The van der Waals surface area contributed by atoms with Crippen LogP contribution in [0.4, 0.5) is 0 Å². The van der Waals surface area contributed by atoms with Crippen LogP contribution in [0.5, 0.6) is 0 Å². The molecule has 0 fully saturated rings. The molecule has 0 saturated carbocycles. The smallest absolute Gasteiger partial charge is 0.128 e. The van der Waals surface area contributed by atoms with E-state index in [1.54, 1.807) is 0 Å². The van der Waals surface area contributed by atoms with Crippen molar-refractivity contribution < 1.29 is 4.21 Å². The van der Waals surface area contributed by atoms with Gasteiger partial charge in [0.15, 0.2) is 0 Å². The summed E-state index contributed by atoms with van der Waals surface area (Å²) in [5, 5.41) is 1.32. The van der Waals surface area contributed by atoms with Gasteiger partial charge in [0.25, 0.3) is 0 Å². The number of para-hydroxylation sites is 1. The van der Waals surface area contributed by atoms with E-state index in [0.717, 1.165) is 30.7 Å².